The van der Waals surface area contributed by atoms with Gasteiger partial charge in [-0.15, -0.1) is 0 Å². The van der Waals surface area contributed by atoms with Crippen LogP contribution in [-0.4, -0.2) is 19.5 Å². The third kappa shape index (κ3) is 3.76. The van der Waals surface area contributed by atoms with Crippen LogP contribution in [0.3, 0.4) is 0 Å². The van der Waals surface area contributed by atoms with Crippen LogP contribution >= 0.6 is 0 Å². The molecule has 0 aliphatic carbocycles. The summed E-state index contributed by atoms with van der Waals surface area (Å²) in [6.07, 6.45) is 12.2. The Morgan fingerprint density at radius 2 is 1.27 bits per heavy atom. The summed E-state index contributed by atoms with van der Waals surface area (Å²) < 4.78 is 11.5. The van der Waals surface area contributed by atoms with Gasteiger partial charge < -0.3 is 9.47 Å². The van der Waals surface area contributed by atoms with Gasteiger partial charge in [-0.2, -0.15) is 0 Å². The van der Waals surface area contributed by atoms with Crippen LogP contribution in [-0.2, 0) is 9.47 Å². The molecule has 0 bridgehead atoms. The Kier molecular flexibility index (Phi) is 4.94. The Balaban J connectivity index is 1.77. The molecule has 0 amide bonds. The van der Waals surface area contributed by atoms with Gasteiger partial charge in [-0.1, -0.05) is 38.5 Å². The van der Waals surface area contributed by atoms with Crippen molar-refractivity contribution in [1.29, 1.82) is 0 Å². The number of hydrogen-bond donors (Lipinski definition) is 0. The first-order valence-corrected chi connectivity index (χ1v) is 6.70. The summed E-state index contributed by atoms with van der Waals surface area (Å²) in [4.78, 5) is 0. The Labute approximate surface area is 93.3 Å². The van der Waals surface area contributed by atoms with Gasteiger partial charge in [0.1, 0.15) is 0 Å². The second-order valence-electron chi connectivity index (χ2n) is 4.92. The molecular formula is C13H24O2. The van der Waals surface area contributed by atoms with E-state index in [1.807, 2.05) is 0 Å². The molecule has 2 atom stereocenters. The van der Waals surface area contributed by atoms with Crippen LogP contribution in [0.15, 0.2) is 0 Å². The second kappa shape index (κ2) is 6.49. The predicted molar refractivity (Wildman–Crippen MR) is 60.7 cm³/mol. The lowest BCUT2D eigenvalue weighted by Crippen LogP contribution is -2.20. The van der Waals surface area contributed by atoms with Crippen molar-refractivity contribution in [3.8, 4) is 0 Å². The fourth-order valence-electron chi connectivity index (χ4n) is 2.66. The van der Waals surface area contributed by atoms with Gasteiger partial charge >= 0.3 is 0 Å². The van der Waals surface area contributed by atoms with Gasteiger partial charge in [-0.3, -0.25) is 0 Å². The predicted octanol–water partition coefficient (Wildman–Crippen LogP) is 3.50. The van der Waals surface area contributed by atoms with Crippen molar-refractivity contribution in [2.75, 3.05) is 13.2 Å². The standard InChI is InChI=1S/C13H24O2/c1-2-4-6-8-12-9-11-15-13(12)14-10-7-5-3-1/h12-13H,1-11H2. The Hall–Kier alpha value is -0.0800. The molecule has 0 aromatic rings. The molecule has 2 nitrogen and oxygen atoms in total. The number of fused-ring (bicyclic) bond motifs is 1. The summed E-state index contributed by atoms with van der Waals surface area (Å²) in [6, 6.07) is 0. The van der Waals surface area contributed by atoms with Gasteiger partial charge in [-0.25, -0.2) is 0 Å². The Morgan fingerprint density at radius 3 is 2.13 bits per heavy atom. The van der Waals surface area contributed by atoms with Crippen LogP contribution in [0.4, 0.5) is 0 Å². The first-order valence-electron chi connectivity index (χ1n) is 6.70. The third-order valence-corrected chi connectivity index (χ3v) is 3.66. The van der Waals surface area contributed by atoms with E-state index >= 15 is 0 Å². The van der Waals surface area contributed by atoms with Crippen LogP contribution in [0, 0.1) is 5.92 Å². The van der Waals surface area contributed by atoms with Crippen molar-refractivity contribution >= 4 is 0 Å². The zero-order chi connectivity index (χ0) is 10.3. The van der Waals surface area contributed by atoms with Gasteiger partial charge in [0, 0.05) is 12.5 Å². The lowest BCUT2D eigenvalue weighted by atomic mass is 9.98. The smallest absolute Gasteiger partial charge is 0.160 e. The quantitative estimate of drug-likeness (QED) is 0.612. The summed E-state index contributed by atoms with van der Waals surface area (Å²) >= 11 is 0. The van der Waals surface area contributed by atoms with Crippen molar-refractivity contribution in [3.05, 3.63) is 0 Å². The maximum absolute atomic E-state index is 5.82. The highest BCUT2D eigenvalue weighted by Gasteiger charge is 2.28. The normalized spacial score (nSPS) is 35.2. The molecule has 15 heavy (non-hydrogen) atoms. The molecule has 2 unspecified atom stereocenters. The average Bonchev–Trinajstić information content (AvgIpc) is 2.65. The zero-order valence-corrected chi connectivity index (χ0v) is 9.75. The minimum atomic E-state index is 0.129. The average molecular weight is 212 g/mol. The molecule has 0 N–H and O–H groups in total. The van der Waals surface area contributed by atoms with Crippen molar-refractivity contribution in [2.24, 2.45) is 5.92 Å². The summed E-state index contributed by atoms with van der Waals surface area (Å²) in [5.74, 6) is 0.685. The third-order valence-electron chi connectivity index (χ3n) is 3.66. The molecule has 0 saturated carbocycles. The van der Waals surface area contributed by atoms with Gasteiger partial charge in [0.05, 0.1) is 6.61 Å². The highest BCUT2D eigenvalue weighted by Crippen LogP contribution is 2.28. The number of hydrogen-bond acceptors (Lipinski definition) is 2. The van der Waals surface area contributed by atoms with Gasteiger partial charge in [0.15, 0.2) is 6.29 Å². The molecule has 2 fully saturated rings. The highest BCUT2D eigenvalue weighted by molar-refractivity contribution is 4.70. The molecule has 2 heterocycles. The summed E-state index contributed by atoms with van der Waals surface area (Å²) in [5.41, 5.74) is 0. The van der Waals surface area contributed by atoms with E-state index in [2.05, 4.69) is 0 Å². The van der Waals surface area contributed by atoms with Crippen molar-refractivity contribution < 1.29 is 9.47 Å². The van der Waals surface area contributed by atoms with E-state index in [9.17, 15) is 0 Å². The number of ether oxygens (including phenoxy) is 2. The largest absolute Gasteiger partial charge is 0.352 e. The number of rotatable bonds is 0. The van der Waals surface area contributed by atoms with Crippen LogP contribution in [0.1, 0.15) is 57.8 Å². The highest BCUT2D eigenvalue weighted by atomic mass is 16.7. The topological polar surface area (TPSA) is 18.5 Å². The fourth-order valence-corrected chi connectivity index (χ4v) is 2.66. The summed E-state index contributed by atoms with van der Waals surface area (Å²) in [6.45, 7) is 1.82. The fraction of sp³-hybridized carbons (Fsp3) is 1.00. The molecule has 2 aliphatic heterocycles. The Bertz CT molecular complexity index is 152. The van der Waals surface area contributed by atoms with Gasteiger partial charge in [0.25, 0.3) is 0 Å². The van der Waals surface area contributed by atoms with Gasteiger partial charge in [0.2, 0.25) is 0 Å². The summed E-state index contributed by atoms with van der Waals surface area (Å²) in [5, 5.41) is 0. The van der Waals surface area contributed by atoms with E-state index in [4.69, 9.17) is 9.47 Å². The minimum absolute atomic E-state index is 0.129. The molecule has 0 aromatic carbocycles. The molecule has 0 aromatic heterocycles. The molecule has 2 rings (SSSR count). The van der Waals surface area contributed by atoms with Crippen molar-refractivity contribution in [3.63, 3.8) is 0 Å². The van der Waals surface area contributed by atoms with E-state index in [0.717, 1.165) is 13.2 Å². The molecule has 2 saturated heterocycles. The molecule has 2 heteroatoms. The van der Waals surface area contributed by atoms with E-state index in [0.29, 0.717) is 5.92 Å². The first kappa shape index (κ1) is 11.4. The van der Waals surface area contributed by atoms with E-state index in [1.165, 1.54) is 57.8 Å². The van der Waals surface area contributed by atoms with Crippen molar-refractivity contribution in [1.82, 2.24) is 0 Å². The Morgan fingerprint density at radius 1 is 0.600 bits per heavy atom. The first-order chi connectivity index (χ1) is 7.47. The molecule has 0 spiro atoms. The minimum Gasteiger partial charge on any atom is -0.352 e. The molecule has 2 aliphatic rings. The maximum Gasteiger partial charge on any atom is 0.160 e. The van der Waals surface area contributed by atoms with Crippen LogP contribution < -0.4 is 0 Å². The van der Waals surface area contributed by atoms with E-state index in [-0.39, 0.29) is 6.29 Å². The maximum atomic E-state index is 5.82. The SMILES string of the molecule is C1CCCCOC2OCCC2CCCC1. The van der Waals surface area contributed by atoms with Gasteiger partial charge in [-0.05, 0) is 19.3 Å². The molecule has 88 valence electrons. The lowest BCUT2D eigenvalue weighted by molar-refractivity contribution is -0.133. The van der Waals surface area contributed by atoms with Crippen LogP contribution in [0.2, 0.25) is 0 Å². The monoisotopic (exact) mass is 212 g/mol. The zero-order valence-electron chi connectivity index (χ0n) is 9.75. The molecule has 0 radical (unpaired) electrons. The van der Waals surface area contributed by atoms with Crippen molar-refractivity contribution in [2.45, 2.75) is 64.1 Å². The van der Waals surface area contributed by atoms with Crippen LogP contribution in [0.25, 0.3) is 0 Å². The van der Waals surface area contributed by atoms with Crippen LogP contribution in [0.5, 0.6) is 0 Å². The van der Waals surface area contributed by atoms with E-state index < -0.39 is 0 Å². The van der Waals surface area contributed by atoms with E-state index in [1.54, 1.807) is 0 Å². The summed E-state index contributed by atoms with van der Waals surface area (Å²) in [7, 11) is 0. The lowest BCUT2D eigenvalue weighted by Gasteiger charge is -2.19. The second-order valence-corrected chi connectivity index (χ2v) is 4.92. The molecular weight excluding hydrogens is 188 g/mol.